The van der Waals surface area contributed by atoms with E-state index in [0.717, 1.165) is 25.2 Å². The zero-order valence-corrected chi connectivity index (χ0v) is 9.64. The van der Waals surface area contributed by atoms with Crippen molar-refractivity contribution in [3.8, 4) is 0 Å². The number of halogens is 3. The molecule has 6 nitrogen and oxygen atoms in total. The molecule has 9 heteroatoms. The summed E-state index contributed by atoms with van der Waals surface area (Å²) < 4.78 is 36.8. The van der Waals surface area contributed by atoms with Crippen LogP contribution in [0.25, 0.3) is 0 Å². The van der Waals surface area contributed by atoms with Crippen LogP contribution in [0, 0.1) is 10.1 Å². The van der Waals surface area contributed by atoms with Gasteiger partial charge in [-0.15, -0.1) is 0 Å². The van der Waals surface area contributed by atoms with E-state index in [1.165, 1.54) is 0 Å². The summed E-state index contributed by atoms with van der Waals surface area (Å²) in [6, 6.07) is 2.67. The van der Waals surface area contributed by atoms with Gasteiger partial charge in [-0.1, -0.05) is 0 Å². The number of anilines is 1. The van der Waals surface area contributed by atoms with E-state index in [4.69, 9.17) is 5.11 Å². The molecular formula is C10H9F3N2O4. The Morgan fingerprint density at radius 1 is 1.47 bits per heavy atom. The van der Waals surface area contributed by atoms with Gasteiger partial charge in [-0.2, -0.15) is 13.2 Å². The van der Waals surface area contributed by atoms with E-state index in [0.29, 0.717) is 4.90 Å². The lowest BCUT2D eigenvalue weighted by Crippen LogP contribution is -2.31. The van der Waals surface area contributed by atoms with E-state index in [1.807, 2.05) is 0 Å². The first-order valence-electron chi connectivity index (χ1n) is 4.91. The zero-order valence-electron chi connectivity index (χ0n) is 9.64. The normalized spacial score (nSPS) is 11.2. The quantitative estimate of drug-likeness (QED) is 0.674. The number of carboxylic acid groups (broad SMARTS) is 1. The number of alkyl halides is 3. The molecule has 0 aromatic heterocycles. The predicted molar refractivity (Wildman–Crippen MR) is 59.4 cm³/mol. The fourth-order valence-corrected chi connectivity index (χ4v) is 1.47. The number of benzene rings is 1. The number of rotatable bonds is 4. The highest BCUT2D eigenvalue weighted by molar-refractivity contribution is 5.90. The van der Waals surface area contributed by atoms with Gasteiger partial charge in [-0.05, 0) is 12.1 Å². The second-order valence-electron chi connectivity index (χ2n) is 3.74. The molecule has 0 spiro atoms. The smallest absolute Gasteiger partial charge is 0.405 e. The highest BCUT2D eigenvalue weighted by Gasteiger charge is 2.32. The van der Waals surface area contributed by atoms with E-state index in [2.05, 4.69) is 0 Å². The summed E-state index contributed by atoms with van der Waals surface area (Å²) in [5.41, 5.74) is -1.31. The van der Waals surface area contributed by atoms with E-state index in [-0.39, 0.29) is 5.56 Å². The lowest BCUT2D eigenvalue weighted by molar-refractivity contribution is -0.384. The Morgan fingerprint density at radius 3 is 2.47 bits per heavy atom. The number of nitro benzene ring substituents is 1. The van der Waals surface area contributed by atoms with Crippen LogP contribution in [0.4, 0.5) is 24.5 Å². The Kier molecular flexibility index (Phi) is 3.98. The van der Waals surface area contributed by atoms with Gasteiger partial charge in [0, 0.05) is 13.1 Å². The van der Waals surface area contributed by atoms with Gasteiger partial charge in [0.1, 0.15) is 12.2 Å². The largest absolute Gasteiger partial charge is 0.478 e. The minimum absolute atomic E-state index is 0.324. The van der Waals surface area contributed by atoms with Crippen molar-refractivity contribution < 1.29 is 28.0 Å². The molecule has 0 bridgehead atoms. The van der Waals surface area contributed by atoms with Crippen LogP contribution in [0.1, 0.15) is 10.4 Å². The first-order valence-corrected chi connectivity index (χ1v) is 4.91. The van der Waals surface area contributed by atoms with E-state index >= 15 is 0 Å². The number of hydrogen-bond acceptors (Lipinski definition) is 4. The van der Waals surface area contributed by atoms with Gasteiger partial charge in [0.2, 0.25) is 0 Å². The van der Waals surface area contributed by atoms with Gasteiger partial charge in [-0.3, -0.25) is 10.1 Å². The minimum atomic E-state index is -4.55. The maximum absolute atomic E-state index is 12.3. The van der Waals surface area contributed by atoms with Crippen molar-refractivity contribution in [1.29, 1.82) is 0 Å². The topological polar surface area (TPSA) is 83.7 Å². The van der Waals surface area contributed by atoms with Crippen LogP contribution in [-0.2, 0) is 0 Å². The first-order chi connectivity index (χ1) is 8.61. The molecule has 0 saturated heterocycles. The summed E-state index contributed by atoms with van der Waals surface area (Å²) in [7, 11) is 1.00. The van der Waals surface area contributed by atoms with Crippen molar-refractivity contribution >= 4 is 17.3 Å². The molecule has 1 rings (SSSR count). The molecule has 0 amide bonds. The lowest BCUT2D eigenvalue weighted by Gasteiger charge is -2.20. The molecule has 1 aromatic rings. The summed E-state index contributed by atoms with van der Waals surface area (Å²) in [5.74, 6) is -1.38. The molecule has 0 saturated carbocycles. The third kappa shape index (κ3) is 3.83. The Morgan fingerprint density at radius 2 is 2.05 bits per heavy atom. The molecular weight excluding hydrogens is 269 g/mol. The molecule has 0 heterocycles. The van der Waals surface area contributed by atoms with Crippen LogP contribution in [-0.4, -0.2) is 35.8 Å². The summed E-state index contributed by atoms with van der Waals surface area (Å²) in [5, 5.41) is 19.5. The van der Waals surface area contributed by atoms with Gasteiger partial charge in [0.05, 0.1) is 10.5 Å². The van der Waals surface area contributed by atoms with Gasteiger partial charge in [-0.25, -0.2) is 4.79 Å². The molecule has 0 atom stereocenters. The fourth-order valence-electron chi connectivity index (χ4n) is 1.47. The maximum Gasteiger partial charge on any atom is 0.405 e. The monoisotopic (exact) mass is 278 g/mol. The average molecular weight is 278 g/mol. The number of nitrogens with zero attached hydrogens (tertiary/aromatic N) is 2. The van der Waals surface area contributed by atoms with Crippen LogP contribution < -0.4 is 4.90 Å². The van der Waals surface area contributed by atoms with Gasteiger partial charge in [0.25, 0.3) is 5.69 Å². The van der Waals surface area contributed by atoms with E-state index in [9.17, 15) is 28.1 Å². The highest BCUT2D eigenvalue weighted by atomic mass is 19.4. The van der Waals surface area contributed by atoms with Crippen molar-refractivity contribution in [2.75, 3.05) is 18.5 Å². The molecule has 0 fully saturated rings. The number of carbonyl (C=O) groups is 1. The molecule has 104 valence electrons. The van der Waals surface area contributed by atoms with Gasteiger partial charge in [0.15, 0.2) is 0 Å². The van der Waals surface area contributed by atoms with Crippen LogP contribution in [0.2, 0.25) is 0 Å². The predicted octanol–water partition coefficient (Wildman–Crippen LogP) is 2.29. The van der Waals surface area contributed by atoms with Crippen molar-refractivity contribution in [2.24, 2.45) is 0 Å². The minimum Gasteiger partial charge on any atom is -0.478 e. The first kappa shape index (κ1) is 14.7. The second kappa shape index (κ2) is 5.12. The molecule has 0 radical (unpaired) electrons. The molecule has 1 aromatic carbocycles. The maximum atomic E-state index is 12.3. The molecule has 0 aliphatic heterocycles. The Balaban J connectivity index is 3.24. The number of nitro groups is 1. The molecule has 0 aliphatic rings. The third-order valence-corrected chi connectivity index (χ3v) is 2.25. The summed E-state index contributed by atoms with van der Waals surface area (Å²) in [6.45, 7) is -1.42. The van der Waals surface area contributed by atoms with Crippen molar-refractivity contribution in [3.05, 3.63) is 33.9 Å². The Bertz CT molecular complexity index is 516. The average Bonchev–Trinajstić information content (AvgIpc) is 2.25. The van der Waals surface area contributed by atoms with Crippen LogP contribution in [0.15, 0.2) is 18.2 Å². The second-order valence-corrected chi connectivity index (χ2v) is 3.74. The molecule has 19 heavy (non-hydrogen) atoms. The third-order valence-electron chi connectivity index (χ3n) is 2.25. The highest BCUT2D eigenvalue weighted by Crippen LogP contribution is 2.30. The van der Waals surface area contributed by atoms with Crippen LogP contribution in [0.5, 0.6) is 0 Å². The van der Waals surface area contributed by atoms with Crippen molar-refractivity contribution in [2.45, 2.75) is 6.18 Å². The van der Waals surface area contributed by atoms with Crippen molar-refractivity contribution in [3.63, 3.8) is 0 Å². The Labute approximate surface area is 105 Å². The molecule has 0 aliphatic carbocycles. The zero-order chi connectivity index (χ0) is 14.8. The summed E-state index contributed by atoms with van der Waals surface area (Å²) in [6.07, 6.45) is -4.55. The molecule has 0 unspecified atom stereocenters. The fraction of sp³-hybridized carbons (Fsp3) is 0.300. The van der Waals surface area contributed by atoms with Gasteiger partial charge < -0.3 is 10.0 Å². The SMILES string of the molecule is CN(CC(F)(F)F)c1cc(C(=O)O)ccc1[N+](=O)[O-]. The molecule has 1 N–H and O–H groups in total. The van der Waals surface area contributed by atoms with E-state index in [1.54, 1.807) is 0 Å². The number of carboxylic acids is 1. The summed E-state index contributed by atoms with van der Waals surface area (Å²) >= 11 is 0. The Hall–Kier alpha value is -2.32. The number of hydrogen-bond donors (Lipinski definition) is 1. The van der Waals surface area contributed by atoms with Crippen LogP contribution in [0.3, 0.4) is 0 Å². The van der Waals surface area contributed by atoms with E-state index < -0.39 is 35.0 Å². The number of aromatic carboxylic acids is 1. The summed E-state index contributed by atoms with van der Waals surface area (Å²) in [4.78, 5) is 21.2. The van der Waals surface area contributed by atoms with Crippen molar-refractivity contribution in [1.82, 2.24) is 0 Å². The standard InChI is InChI=1S/C10H9F3N2O4/c1-14(5-10(11,12)13)8-4-6(9(16)17)2-3-7(8)15(18)19/h2-4H,5H2,1H3,(H,16,17). The van der Waals surface area contributed by atoms with Gasteiger partial charge >= 0.3 is 12.1 Å². The lowest BCUT2D eigenvalue weighted by atomic mass is 10.1. The van der Waals surface area contributed by atoms with Crippen LogP contribution >= 0.6 is 0 Å².